The first-order valence-electron chi connectivity index (χ1n) is 7.49. The molecule has 0 spiro atoms. The normalized spacial score (nSPS) is 18.1. The summed E-state index contributed by atoms with van der Waals surface area (Å²) in [6, 6.07) is 9.96. The van der Waals surface area contributed by atoms with Crippen molar-refractivity contribution in [2.45, 2.75) is 18.9 Å². The number of carbonyl (C=O) groups is 1. The number of thiazole rings is 1. The molecule has 0 saturated carbocycles. The summed E-state index contributed by atoms with van der Waals surface area (Å²) in [7, 11) is 0. The first-order valence-corrected chi connectivity index (χ1v) is 8.37. The lowest BCUT2D eigenvalue weighted by atomic mass is 9.97. The van der Waals surface area contributed by atoms with Crippen LogP contribution >= 0.6 is 11.3 Å². The number of furan rings is 1. The van der Waals surface area contributed by atoms with Crippen molar-refractivity contribution in [1.29, 1.82) is 0 Å². The third-order valence-electron chi connectivity index (χ3n) is 4.34. The maximum absolute atomic E-state index is 12.1. The molecule has 0 saturated heterocycles. The van der Waals surface area contributed by atoms with Gasteiger partial charge in [-0.2, -0.15) is 0 Å². The highest BCUT2D eigenvalue weighted by atomic mass is 32.1. The van der Waals surface area contributed by atoms with E-state index in [0.29, 0.717) is 13.0 Å². The van der Waals surface area contributed by atoms with E-state index in [-0.39, 0.29) is 11.8 Å². The molecule has 0 aliphatic carbocycles. The van der Waals surface area contributed by atoms with Crippen LogP contribution in [0.15, 0.2) is 46.3 Å². The van der Waals surface area contributed by atoms with E-state index in [4.69, 9.17) is 4.42 Å². The summed E-state index contributed by atoms with van der Waals surface area (Å²) < 4.78 is 8.13. The molecule has 1 aromatic carbocycles. The molecule has 1 amide bonds. The average molecular weight is 323 g/mol. The number of fused-ring (bicyclic) bond motifs is 4. The number of hydrogen-bond acceptors (Lipinski definition) is 4. The number of nitrogens with zero attached hydrogens (tertiary/aromatic N) is 2. The van der Waals surface area contributed by atoms with Crippen LogP contribution in [0.25, 0.3) is 15.9 Å². The van der Waals surface area contributed by atoms with Crippen LogP contribution in [-0.2, 0) is 11.3 Å². The SMILES string of the molecule is O=C1C[C@H](c2cc3ccccc3o2)c2c(nc3sccn23)CN1. The molecular formula is C17H13N3O2S. The van der Waals surface area contributed by atoms with E-state index in [2.05, 4.69) is 14.7 Å². The minimum absolute atomic E-state index is 0.0254. The van der Waals surface area contributed by atoms with Crippen LogP contribution in [0.5, 0.6) is 0 Å². The van der Waals surface area contributed by atoms with Crippen molar-refractivity contribution >= 4 is 33.2 Å². The van der Waals surface area contributed by atoms with Gasteiger partial charge in [-0.15, -0.1) is 11.3 Å². The third-order valence-corrected chi connectivity index (χ3v) is 5.09. The highest BCUT2D eigenvalue weighted by molar-refractivity contribution is 7.15. The zero-order valence-corrected chi connectivity index (χ0v) is 13.0. The minimum Gasteiger partial charge on any atom is -0.460 e. The highest BCUT2D eigenvalue weighted by Crippen LogP contribution is 2.36. The molecule has 0 radical (unpaired) electrons. The maximum atomic E-state index is 12.1. The van der Waals surface area contributed by atoms with Gasteiger partial charge in [0.15, 0.2) is 4.96 Å². The van der Waals surface area contributed by atoms with Gasteiger partial charge in [0, 0.05) is 23.4 Å². The first kappa shape index (κ1) is 12.9. The number of benzene rings is 1. The molecule has 0 unspecified atom stereocenters. The fraction of sp³-hybridized carbons (Fsp3) is 0.176. The smallest absolute Gasteiger partial charge is 0.221 e. The largest absolute Gasteiger partial charge is 0.460 e. The molecule has 5 nitrogen and oxygen atoms in total. The van der Waals surface area contributed by atoms with Gasteiger partial charge >= 0.3 is 0 Å². The molecule has 114 valence electrons. The van der Waals surface area contributed by atoms with Crippen LogP contribution < -0.4 is 5.32 Å². The Bertz CT molecular complexity index is 1010. The molecular weight excluding hydrogens is 310 g/mol. The van der Waals surface area contributed by atoms with Crippen molar-refractivity contribution in [3.8, 4) is 0 Å². The van der Waals surface area contributed by atoms with Gasteiger partial charge in [-0.05, 0) is 12.1 Å². The molecule has 23 heavy (non-hydrogen) atoms. The standard InChI is InChI=1S/C17H13N3O2S/c21-15-8-11(14-7-10-3-1-2-4-13(10)22-14)16-12(9-18-15)19-17-20(16)5-6-23-17/h1-7,11H,8-9H2,(H,18,21)/t11-/m1/s1. The first-order chi connectivity index (χ1) is 11.3. The zero-order valence-electron chi connectivity index (χ0n) is 12.2. The number of amides is 1. The van der Waals surface area contributed by atoms with Gasteiger partial charge in [-0.3, -0.25) is 9.20 Å². The van der Waals surface area contributed by atoms with Crippen molar-refractivity contribution in [3.05, 3.63) is 59.1 Å². The van der Waals surface area contributed by atoms with Crippen molar-refractivity contribution in [3.63, 3.8) is 0 Å². The van der Waals surface area contributed by atoms with Crippen LogP contribution in [0, 0.1) is 0 Å². The average Bonchev–Trinajstić information content (AvgIpc) is 3.22. The van der Waals surface area contributed by atoms with Gasteiger partial charge in [0.2, 0.25) is 5.91 Å². The predicted molar refractivity (Wildman–Crippen MR) is 87.6 cm³/mol. The molecule has 0 fully saturated rings. The minimum atomic E-state index is -0.121. The summed E-state index contributed by atoms with van der Waals surface area (Å²) in [5.74, 6) is 0.722. The Balaban J connectivity index is 1.75. The third kappa shape index (κ3) is 1.91. The Morgan fingerprint density at radius 3 is 3.17 bits per heavy atom. The fourth-order valence-electron chi connectivity index (χ4n) is 3.29. The Hall–Kier alpha value is -2.60. The van der Waals surface area contributed by atoms with E-state index in [1.165, 1.54) is 0 Å². The van der Waals surface area contributed by atoms with E-state index in [1.54, 1.807) is 11.3 Å². The number of aromatic nitrogens is 2. The Kier molecular flexibility index (Phi) is 2.63. The number of nitrogens with one attached hydrogen (secondary N) is 1. The van der Waals surface area contributed by atoms with Gasteiger partial charge in [0.05, 0.1) is 23.9 Å². The Labute approximate surface area is 135 Å². The number of hydrogen-bond donors (Lipinski definition) is 1. The van der Waals surface area contributed by atoms with Crippen LogP contribution in [0.3, 0.4) is 0 Å². The number of para-hydroxylation sites is 1. The fourth-order valence-corrected chi connectivity index (χ4v) is 4.03. The van der Waals surface area contributed by atoms with Crippen LogP contribution in [0.2, 0.25) is 0 Å². The van der Waals surface area contributed by atoms with Crippen LogP contribution in [0.1, 0.15) is 29.5 Å². The molecule has 6 heteroatoms. The number of carbonyl (C=O) groups excluding carboxylic acids is 1. The maximum Gasteiger partial charge on any atom is 0.221 e. The second-order valence-corrected chi connectivity index (χ2v) is 6.59. The van der Waals surface area contributed by atoms with Gasteiger partial charge in [-0.25, -0.2) is 4.98 Å². The second-order valence-electron chi connectivity index (χ2n) is 5.72. The molecule has 3 aromatic heterocycles. The molecule has 4 heterocycles. The lowest BCUT2D eigenvalue weighted by Crippen LogP contribution is -2.21. The van der Waals surface area contributed by atoms with E-state index in [0.717, 1.165) is 33.1 Å². The lowest BCUT2D eigenvalue weighted by molar-refractivity contribution is -0.121. The molecule has 0 bridgehead atoms. The molecule has 1 N–H and O–H groups in total. The molecule has 5 rings (SSSR count). The summed E-state index contributed by atoms with van der Waals surface area (Å²) >= 11 is 1.60. The summed E-state index contributed by atoms with van der Waals surface area (Å²) in [4.78, 5) is 17.7. The quantitative estimate of drug-likeness (QED) is 0.585. The number of imidazole rings is 1. The topological polar surface area (TPSA) is 59.5 Å². The summed E-state index contributed by atoms with van der Waals surface area (Å²) in [5.41, 5.74) is 2.83. The van der Waals surface area contributed by atoms with Gasteiger partial charge in [-0.1, -0.05) is 18.2 Å². The Morgan fingerprint density at radius 2 is 2.26 bits per heavy atom. The van der Waals surface area contributed by atoms with Crippen molar-refractivity contribution in [2.24, 2.45) is 0 Å². The van der Waals surface area contributed by atoms with Gasteiger partial charge in [0.25, 0.3) is 0 Å². The van der Waals surface area contributed by atoms with Gasteiger partial charge < -0.3 is 9.73 Å². The molecule has 1 atom stereocenters. The van der Waals surface area contributed by atoms with Gasteiger partial charge in [0.1, 0.15) is 11.3 Å². The van der Waals surface area contributed by atoms with E-state index in [1.807, 2.05) is 41.9 Å². The van der Waals surface area contributed by atoms with Crippen molar-refractivity contribution in [1.82, 2.24) is 14.7 Å². The summed E-state index contributed by atoms with van der Waals surface area (Å²) in [6.07, 6.45) is 2.38. The lowest BCUT2D eigenvalue weighted by Gasteiger charge is -2.11. The molecule has 1 aliphatic rings. The van der Waals surface area contributed by atoms with Crippen LogP contribution in [-0.4, -0.2) is 15.3 Å². The molecule has 1 aliphatic heterocycles. The monoisotopic (exact) mass is 323 g/mol. The van der Waals surface area contributed by atoms with E-state index < -0.39 is 0 Å². The molecule has 4 aromatic rings. The summed E-state index contributed by atoms with van der Waals surface area (Å²) in [6.45, 7) is 0.472. The van der Waals surface area contributed by atoms with Crippen LogP contribution in [0.4, 0.5) is 0 Å². The highest BCUT2D eigenvalue weighted by Gasteiger charge is 2.31. The van der Waals surface area contributed by atoms with Crippen molar-refractivity contribution in [2.75, 3.05) is 0 Å². The van der Waals surface area contributed by atoms with E-state index >= 15 is 0 Å². The second kappa shape index (κ2) is 4.70. The van der Waals surface area contributed by atoms with Crippen molar-refractivity contribution < 1.29 is 9.21 Å². The summed E-state index contributed by atoms with van der Waals surface area (Å²) in [5, 5.41) is 6.00. The zero-order chi connectivity index (χ0) is 15.4. The predicted octanol–water partition coefficient (Wildman–Crippen LogP) is 3.29. The number of rotatable bonds is 1. The Morgan fingerprint density at radius 1 is 1.35 bits per heavy atom. The van der Waals surface area contributed by atoms with E-state index in [9.17, 15) is 4.79 Å².